The summed E-state index contributed by atoms with van der Waals surface area (Å²) < 4.78 is 5.30. The molecule has 0 aliphatic heterocycles. The number of carbonyl (C=O) groups is 1. The van der Waals surface area contributed by atoms with Crippen molar-refractivity contribution in [2.24, 2.45) is 0 Å². The van der Waals surface area contributed by atoms with E-state index in [-0.39, 0.29) is 6.04 Å². The van der Waals surface area contributed by atoms with Gasteiger partial charge >= 0.3 is 6.09 Å². The molecule has 3 rings (SSSR count). The number of alkyl carbamates (subject to hydrolysis) is 1. The Balaban J connectivity index is 1.84. The number of hydrogen-bond donors (Lipinski definition) is 1. The Bertz CT molecular complexity index is 917. The Morgan fingerprint density at radius 1 is 1.12 bits per heavy atom. The van der Waals surface area contributed by atoms with E-state index in [1.807, 2.05) is 76.2 Å². The molecular weight excluding hydrogens is 326 g/mol. The van der Waals surface area contributed by atoms with Gasteiger partial charge in [0, 0.05) is 17.1 Å². The maximum atomic E-state index is 12.0. The first-order valence-corrected chi connectivity index (χ1v) is 8.63. The zero-order valence-corrected chi connectivity index (χ0v) is 15.5. The van der Waals surface area contributed by atoms with Gasteiger partial charge in [-0.2, -0.15) is 0 Å². The van der Waals surface area contributed by atoms with Gasteiger partial charge in [-0.3, -0.25) is 4.98 Å². The lowest BCUT2D eigenvalue weighted by molar-refractivity contribution is 0.0507. The monoisotopic (exact) mass is 349 g/mol. The first kappa shape index (κ1) is 17.9. The number of aromatic nitrogens is 2. The average Bonchev–Trinajstić information content (AvgIpc) is 2.59. The molecule has 0 spiro atoms. The summed E-state index contributed by atoms with van der Waals surface area (Å²) in [7, 11) is 0. The number of nitrogens with one attached hydrogen (secondary N) is 1. The van der Waals surface area contributed by atoms with Gasteiger partial charge < -0.3 is 10.1 Å². The van der Waals surface area contributed by atoms with Crippen molar-refractivity contribution in [3.05, 3.63) is 60.4 Å². The quantitative estimate of drug-likeness (QED) is 0.732. The molecule has 3 aromatic rings. The molecule has 2 heterocycles. The standard InChI is InChI=1S/C21H23N3O2/c1-14(23-20(25)26-21(2,3)4)18-12-19-16(13-22-18)10-11-17(24-19)15-8-6-5-7-9-15/h5-14H,1-4H3,(H,23,25). The summed E-state index contributed by atoms with van der Waals surface area (Å²) in [6.45, 7) is 7.38. The average molecular weight is 349 g/mol. The third-order valence-electron chi connectivity index (χ3n) is 3.84. The van der Waals surface area contributed by atoms with Crippen LogP contribution in [0.4, 0.5) is 4.79 Å². The third-order valence-corrected chi connectivity index (χ3v) is 3.84. The van der Waals surface area contributed by atoms with Gasteiger partial charge in [0.25, 0.3) is 0 Å². The van der Waals surface area contributed by atoms with Crippen LogP contribution in [0.25, 0.3) is 22.2 Å². The summed E-state index contributed by atoms with van der Waals surface area (Å²) in [4.78, 5) is 21.2. The van der Waals surface area contributed by atoms with E-state index in [0.29, 0.717) is 0 Å². The summed E-state index contributed by atoms with van der Waals surface area (Å²) in [5.41, 5.74) is 3.01. The van der Waals surface area contributed by atoms with Crippen molar-refractivity contribution < 1.29 is 9.53 Å². The number of amides is 1. The summed E-state index contributed by atoms with van der Waals surface area (Å²) in [5, 5.41) is 3.77. The molecule has 0 aliphatic carbocycles. The maximum absolute atomic E-state index is 12.0. The van der Waals surface area contributed by atoms with E-state index in [1.54, 1.807) is 6.20 Å². The second-order valence-corrected chi connectivity index (χ2v) is 7.23. The molecular formula is C21H23N3O2. The molecule has 0 aliphatic rings. The second kappa shape index (κ2) is 7.12. The number of rotatable bonds is 3. The summed E-state index contributed by atoms with van der Waals surface area (Å²) in [6.07, 6.45) is 1.32. The molecule has 5 nitrogen and oxygen atoms in total. The third kappa shape index (κ3) is 4.36. The van der Waals surface area contributed by atoms with Gasteiger partial charge in [0.15, 0.2) is 0 Å². The van der Waals surface area contributed by atoms with Gasteiger partial charge in [-0.15, -0.1) is 0 Å². The molecule has 0 radical (unpaired) electrons. The summed E-state index contributed by atoms with van der Waals surface area (Å²) in [5.74, 6) is 0. The molecule has 1 amide bonds. The van der Waals surface area contributed by atoms with Gasteiger partial charge in [-0.25, -0.2) is 9.78 Å². The highest BCUT2D eigenvalue weighted by atomic mass is 16.6. The number of ether oxygens (including phenoxy) is 1. The van der Waals surface area contributed by atoms with Crippen LogP contribution in [-0.2, 0) is 4.74 Å². The van der Waals surface area contributed by atoms with Crippen LogP contribution in [0.2, 0.25) is 0 Å². The molecule has 0 bridgehead atoms. The Morgan fingerprint density at radius 3 is 2.54 bits per heavy atom. The van der Waals surface area contributed by atoms with Gasteiger partial charge in [0.1, 0.15) is 5.60 Å². The zero-order chi connectivity index (χ0) is 18.7. The summed E-state index contributed by atoms with van der Waals surface area (Å²) in [6, 6.07) is 15.6. The Labute approximate surface area is 153 Å². The van der Waals surface area contributed by atoms with Crippen molar-refractivity contribution in [3.63, 3.8) is 0 Å². The summed E-state index contributed by atoms with van der Waals surface area (Å²) >= 11 is 0. The van der Waals surface area contributed by atoms with E-state index in [4.69, 9.17) is 9.72 Å². The minimum atomic E-state index is -0.535. The molecule has 0 saturated heterocycles. The smallest absolute Gasteiger partial charge is 0.408 e. The predicted molar refractivity (Wildman–Crippen MR) is 103 cm³/mol. The van der Waals surface area contributed by atoms with Crippen LogP contribution in [0, 0.1) is 0 Å². The molecule has 1 aromatic carbocycles. The number of carbonyl (C=O) groups excluding carboxylic acids is 1. The molecule has 26 heavy (non-hydrogen) atoms. The molecule has 134 valence electrons. The lowest BCUT2D eigenvalue weighted by Crippen LogP contribution is -2.34. The molecule has 1 unspecified atom stereocenters. The van der Waals surface area contributed by atoms with Gasteiger partial charge in [0.2, 0.25) is 0 Å². The van der Waals surface area contributed by atoms with Crippen molar-refractivity contribution in [2.45, 2.75) is 39.3 Å². The van der Waals surface area contributed by atoms with Gasteiger partial charge in [-0.1, -0.05) is 30.3 Å². The van der Waals surface area contributed by atoms with Crippen LogP contribution in [-0.4, -0.2) is 21.7 Å². The van der Waals surface area contributed by atoms with Crippen molar-refractivity contribution >= 4 is 17.0 Å². The van der Waals surface area contributed by atoms with E-state index < -0.39 is 11.7 Å². The van der Waals surface area contributed by atoms with E-state index in [2.05, 4.69) is 10.3 Å². The van der Waals surface area contributed by atoms with Crippen LogP contribution in [0.15, 0.2) is 54.7 Å². The van der Waals surface area contributed by atoms with Crippen LogP contribution in [0.1, 0.15) is 39.4 Å². The predicted octanol–water partition coefficient (Wildman–Crippen LogP) is 4.88. The Morgan fingerprint density at radius 2 is 1.85 bits per heavy atom. The minimum Gasteiger partial charge on any atom is -0.444 e. The van der Waals surface area contributed by atoms with Crippen LogP contribution >= 0.6 is 0 Å². The highest BCUT2D eigenvalue weighted by molar-refractivity contribution is 5.81. The normalized spacial score (nSPS) is 12.6. The molecule has 1 atom stereocenters. The van der Waals surface area contributed by atoms with E-state index >= 15 is 0 Å². The van der Waals surface area contributed by atoms with Crippen LogP contribution in [0.3, 0.4) is 0 Å². The van der Waals surface area contributed by atoms with Gasteiger partial charge in [-0.05, 0) is 45.9 Å². The van der Waals surface area contributed by atoms with Gasteiger partial charge in [0.05, 0.1) is 22.9 Å². The largest absolute Gasteiger partial charge is 0.444 e. The van der Waals surface area contributed by atoms with Crippen molar-refractivity contribution in [1.29, 1.82) is 0 Å². The van der Waals surface area contributed by atoms with E-state index in [9.17, 15) is 4.79 Å². The van der Waals surface area contributed by atoms with Crippen molar-refractivity contribution in [3.8, 4) is 11.3 Å². The lowest BCUT2D eigenvalue weighted by atomic mass is 10.1. The highest BCUT2D eigenvalue weighted by Gasteiger charge is 2.19. The first-order valence-electron chi connectivity index (χ1n) is 8.63. The SMILES string of the molecule is CC(NC(=O)OC(C)(C)C)c1cc2nc(-c3ccccc3)ccc2cn1. The van der Waals surface area contributed by atoms with E-state index in [1.165, 1.54) is 0 Å². The van der Waals surface area contributed by atoms with Crippen molar-refractivity contribution in [2.75, 3.05) is 0 Å². The molecule has 5 heteroatoms. The highest BCUT2D eigenvalue weighted by Crippen LogP contribution is 2.22. The molecule has 1 N–H and O–H groups in total. The second-order valence-electron chi connectivity index (χ2n) is 7.23. The number of benzene rings is 1. The van der Waals surface area contributed by atoms with E-state index in [0.717, 1.165) is 27.9 Å². The maximum Gasteiger partial charge on any atom is 0.408 e. The zero-order valence-electron chi connectivity index (χ0n) is 15.5. The lowest BCUT2D eigenvalue weighted by Gasteiger charge is -2.21. The number of nitrogens with zero attached hydrogens (tertiary/aromatic N) is 2. The Hall–Kier alpha value is -2.95. The first-order chi connectivity index (χ1) is 12.3. The number of fused-ring (bicyclic) bond motifs is 1. The Kier molecular flexibility index (Phi) is 4.89. The fourth-order valence-corrected chi connectivity index (χ4v) is 2.60. The number of pyridine rings is 2. The topological polar surface area (TPSA) is 64.1 Å². The molecule has 0 fully saturated rings. The van der Waals surface area contributed by atoms with Crippen molar-refractivity contribution in [1.82, 2.24) is 15.3 Å². The van der Waals surface area contributed by atoms with Crippen LogP contribution in [0.5, 0.6) is 0 Å². The molecule has 0 saturated carbocycles. The fraction of sp³-hybridized carbons (Fsp3) is 0.286. The molecule has 2 aromatic heterocycles. The number of hydrogen-bond acceptors (Lipinski definition) is 4. The minimum absolute atomic E-state index is 0.281. The van der Waals surface area contributed by atoms with Crippen LogP contribution < -0.4 is 5.32 Å². The fourth-order valence-electron chi connectivity index (χ4n) is 2.60.